The van der Waals surface area contributed by atoms with Crippen LogP contribution < -0.4 is 14.4 Å². The standard InChI is InChI=1S/C20H22N2O7S3/c1-2-32(27,28)22(11-5-7-21-8-6-11)12-3-4-13-14(9-12)30-18-16(29-10-15(23)24)19(20(25)26)31-17(13)18/h3-4,9,11,21H,2,5-8,10H2,1H3,(H,23,24)(H,25,26). The molecule has 4 rings (SSSR count). The van der Waals surface area contributed by atoms with Crippen LogP contribution in [0.4, 0.5) is 5.69 Å². The van der Waals surface area contributed by atoms with Crippen molar-refractivity contribution in [2.24, 2.45) is 0 Å². The Labute approximate surface area is 192 Å². The van der Waals surface area contributed by atoms with Crippen LogP contribution in [-0.2, 0) is 14.8 Å². The number of aliphatic carboxylic acids is 1. The quantitative estimate of drug-likeness (QED) is 0.431. The smallest absolute Gasteiger partial charge is 0.349 e. The van der Waals surface area contributed by atoms with Crippen LogP contribution in [0.25, 0.3) is 19.5 Å². The van der Waals surface area contributed by atoms with E-state index in [-0.39, 0.29) is 22.4 Å². The maximum absolute atomic E-state index is 13.0. The van der Waals surface area contributed by atoms with Crippen LogP contribution >= 0.6 is 22.7 Å². The largest absolute Gasteiger partial charge is 0.479 e. The van der Waals surface area contributed by atoms with Crippen LogP contribution in [0.1, 0.15) is 29.4 Å². The highest BCUT2D eigenvalue weighted by Crippen LogP contribution is 2.48. The Morgan fingerprint density at radius 3 is 2.53 bits per heavy atom. The molecule has 0 aliphatic carbocycles. The van der Waals surface area contributed by atoms with Crippen molar-refractivity contribution in [2.45, 2.75) is 25.8 Å². The summed E-state index contributed by atoms with van der Waals surface area (Å²) in [5, 5.41) is 22.5. The average Bonchev–Trinajstić information content (AvgIpc) is 3.28. The van der Waals surface area contributed by atoms with Gasteiger partial charge in [0.15, 0.2) is 17.2 Å². The van der Waals surface area contributed by atoms with Gasteiger partial charge in [0.1, 0.15) is 0 Å². The van der Waals surface area contributed by atoms with Crippen LogP contribution in [0.5, 0.6) is 5.75 Å². The molecule has 1 aliphatic heterocycles. The minimum absolute atomic E-state index is 0.0103. The maximum Gasteiger partial charge on any atom is 0.349 e. The first kappa shape index (κ1) is 22.8. The Hall–Kier alpha value is -2.41. The van der Waals surface area contributed by atoms with Crippen molar-refractivity contribution in [3.05, 3.63) is 23.1 Å². The molecule has 0 bridgehead atoms. The zero-order valence-corrected chi connectivity index (χ0v) is 19.6. The molecule has 0 spiro atoms. The number of aromatic carboxylic acids is 1. The topological polar surface area (TPSA) is 133 Å². The average molecular weight is 499 g/mol. The molecule has 0 atom stereocenters. The summed E-state index contributed by atoms with van der Waals surface area (Å²) in [6.45, 7) is 2.48. The van der Waals surface area contributed by atoms with Gasteiger partial charge in [0.25, 0.3) is 0 Å². The van der Waals surface area contributed by atoms with Gasteiger partial charge in [-0.05, 0) is 51.1 Å². The summed E-state index contributed by atoms with van der Waals surface area (Å²) in [6.07, 6.45) is 1.43. The summed E-state index contributed by atoms with van der Waals surface area (Å²) in [5.41, 5.74) is 0.576. The van der Waals surface area contributed by atoms with Crippen LogP contribution in [0, 0.1) is 0 Å². The minimum atomic E-state index is -3.50. The second-order valence-corrected chi connectivity index (χ2v) is 11.6. The number of hydrogen-bond acceptors (Lipinski definition) is 8. The summed E-state index contributed by atoms with van der Waals surface area (Å²) in [5.74, 6) is -2.36. The van der Waals surface area contributed by atoms with Gasteiger partial charge in [-0.3, -0.25) is 4.31 Å². The van der Waals surface area contributed by atoms with E-state index in [0.29, 0.717) is 27.9 Å². The van der Waals surface area contributed by atoms with Gasteiger partial charge in [0, 0.05) is 16.1 Å². The molecule has 32 heavy (non-hydrogen) atoms. The summed E-state index contributed by atoms with van der Waals surface area (Å²) in [6, 6.07) is 5.23. The molecular weight excluding hydrogens is 476 g/mol. The van der Waals surface area contributed by atoms with E-state index in [2.05, 4.69) is 5.32 Å². The molecule has 3 aromatic rings. The Morgan fingerprint density at radius 2 is 1.91 bits per heavy atom. The zero-order chi connectivity index (χ0) is 23.0. The molecule has 0 amide bonds. The molecule has 2 aromatic heterocycles. The number of nitrogens with zero attached hydrogens (tertiary/aromatic N) is 1. The fourth-order valence-electron chi connectivity index (χ4n) is 3.89. The van der Waals surface area contributed by atoms with Gasteiger partial charge in [0.2, 0.25) is 10.0 Å². The third-order valence-electron chi connectivity index (χ3n) is 5.34. The Morgan fingerprint density at radius 1 is 1.19 bits per heavy atom. The lowest BCUT2D eigenvalue weighted by atomic mass is 10.1. The molecule has 9 nitrogen and oxygen atoms in total. The Bertz CT molecular complexity index is 1290. The molecule has 0 radical (unpaired) electrons. The number of benzene rings is 1. The van der Waals surface area contributed by atoms with Crippen molar-refractivity contribution in [3.63, 3.8) is 0 Å². The molecule has 1 aromatic carbocycles. The number of fused-ring (bicyclic) bond motifs is 3. The molecule has 0 saturated carbocycles. The highest BCUT2D eigenvalue weighted by Gasteiger charge is 2.31. The van der Waals surface area contributed by atoms with E-state index in [1.54, 1.807) is 19.1 Å². The lowest BCUT2D eigenvalue weighted by Crippen LogP contribution is -2.46. The van der Waals surface area contributed by atoms with E-state index >= 15 is 0 Å². The van der Waals surface area contributed by atoms with Crippen LogP contribution in [-0.4, -0.2) is 62.1 Å². The molecule has 1 fully saturated rings. The molecule has 12 heteroatoms. The number of carboxylic acids is 2. The summed E-state index contributed by atoms with van der Waals surface area (Å²) in [4.78, 5) is 22.5. The SMILES string of the molecule is CCS(=O)(=O)N(c1ccc2c(c1)sc1c(OCC(=O)O)c(C(=O)O)sc12)C1CCNCC1. The van der Waals surface area contributed by atoms with Crippen molar-refractivity contribution < 1.29 is 33.0 Å². The number of hydrogen-bond donors (Lipinski definition) is 3. The molecule has 172 valence electrons. The number of anilines is 1. The number of thiophene rings is 2. The number of carbonyl (C=O) groups is 2. The Kier molecular flexibility index (Phi) is 6.30. The van der Waals surface area contributed by atoms with E-state index in [1.807, 2.05) is 6.07 Å². The minimum Gasteiger partial charge on any atom is -0.479 e. The monoisotopic (exact) mass is 498 g/mol. The highest BCUT2D eigenvalue weighted by molar-refractivity contribution is 7.92. The second kappa shape index (κ2) is 8.85. The second-order valence-electron chi connectivity index (χ2n) is 7.37. The molecular formula is C20H22N2O7S3. The van der Waals surface area contributed by atoms with Crippen molar-refractivity contribution in [1.82, 2.24) is 5.32 Å². The molecule has 0 unspecified atom stereocenters. The summed E-state index contributed by atoms with van der Waals surface area (Å²) >= 11 is 2.29. The first-order valence-corrected chi connectivity index (χ1v) is 13.3. The van der Waals surface area contributed by atoms with Crippen molar-refractivity contribution >= 4 is 69.8 Å². The first-order chi connectivity index (χ1) is 15.2. The molecule has 1 saturated heterocycles. The van der Waals surface area contributed by atoms with Gasteiger partial charge in [-0.1, -0.05) is 0 Å². The van der Waals surface area contributed by atoms with Gasteiger partial charge in [-0.25, -0.2) is 18.0 Å². The molecule has 3 N–H and O–H groups in total. The first-order valence-electron chi connectivity index (χ1n) is 10.0. The normalized spacial score (nSPS) is 15.3. The molecule has 3 heterocycles. The number of nitrogens with one attached hydrogen (secondary N) is 1. The number of carboxylic acid groups (broad SMARTS) is 2. The van der Waals surface area contributed by atoms with Crippen LogP contribution in [0.15, 0.2) is 18.2 Å². The van der Waals surface area contributed by atoms with Crippen molar-refractivity contribution in [3.8, 4) is 5.75 Å². The van der Waals surface area contributed by atoms with Crippen LogP contribution in [0.3, 0.4) is 0 Å². The van der Waals surface area contributed by atoms with E-state index in [9.17, 15) is 23.1 Å². The fraction of sp³-hybridized carbons (Fsp3) is 0.400. The third kappa shape index (κ3) is 4.15. The van der Waals surface area contributed by atoms with Crippen molar-refractivity contribution in [2.75, 3.05) is 29.8 Å². The predicted molar refractivity (Wildman–Crippen MR) is 125 cm³/mol. The number of ether oxygens (including phenoxy) is 1. The van der Waals surface area contributed by atoms with Gasteiger partial charge < -0.3 is 20.3 Å². The number of piperidine rings is 1. The zero-order valence-electron chi connectivity index (χ0n) is 17.2. The third-order valence-corrected chi connectivity index (χ3v) is 9.65. The van der Waals surface area contributed by atoms with Gasteiger partial charge in [-0.15, -0.1) is 22.7 Å². The van der Waals surface area contributed by atoms with Gasteiger partial charge in [0.05, 0.1) is 20.8 Å². The summed E-state index contributed by atoms with van der Waals surface area (Å²) in [7, 11) is -3.50. The maximum atomic E-state index is 13.0. The number of sulfonamides is 1. The van der Waals surface area contributed by atoms with E-state index in [4.69, 9.17) is 9.84 Å². The lowest BCUT2D eigenvalue weighted by molar-refractivity contribution is -0.139. The van der Waals surface area contributed by atoms with Gasteiger partial charge >= 0.3 is 11.9 Å². The fourth-order valence-corrected chi connectivity index (χ4v) is 7.80. The lowest BCUT2D eigenvalue weighted by Gasteiger charge is -2.35. The van der Waals surface area contributed by atoms with Crippen molar-refractivity contribution in [1.29, 1.82) is 0 Å². The Balaban J connectivity index is 1.83. The van der Waals surface area contributed by atoms with Crippen LogP contribution in [0.2, 0.25) is 0 Å². The summed E-state index contributed by atoms with van der Waals surface area (Å²) < 4.78 is 34.7. The van der Waals surface area contributed by atoms with E-state index < -0.39 is 28.6 Å². The predicted octanol–water partition coefficient (Wildman–Crippen LogP) is 3.19. The number of rotatable bonds is 8. The molecule has 1 aliphatic rings. The van der Waals surface area contributed by atoms with Gasteiger partial charge in [-0.2, -0.15) is 0 Å². The van der Waals surface area contributed by atoms with E-state index in [0.717, 1.165) is 34.5 Å². The van der Waals surface area contributed by atoms with E-state index in [1.165, 1.54) is 15.6 Å². The highest BCUT2D eigenvalue weighted by atomic mass is 32.2.